The van der Waals surface area contributed by atoms with Crippen molar-refractivity contribution in [3.8, 4) is 0 Å². The lowest BCUT2D eigenvalue weighted by molar-refractivity contribution is -0.313. The molecule has 0 aromatic heterocycles. The lowest BCUT2D eigenvalue weighted by Gasteiger charge is -2.40. The van der Waals surface area contributed by atoms with E-state index < -0.39 is 198 Å². The number of ether oxygens (including phenoxy) is 9. The van der Waals surface area contributed by atoms with Gasteiger partial charge in [-0.25, -0.2) is 4.79 Å². The standard InChI is InChI=1S/C48H81N5O29/c1-2-32(81-47-44(72)41(69)38(66)27(21-56)80-47)51-30(59)11-18-75-24-48(52-31(60)5-8-35(63)82-53-33(61)6-7-34(53)62,22-73-16-9-28(57)49-12-3-14-76-45-42(70)39(67)36(64)25(19-54)78-45)23-74-17-10-29(58)50-13-4-15-77-46-43(71)40(68)37(65)26(20-55)79-46/h25-27,32,36-47,54-56,64-72H,2-24H2,1H3,(H,49,57)(H,50,58)(H,51,59)(H,52,60)/t25-,26-,27-,32?,36-,37-,38-,39+,40+,41+,42+,43+,44+,45+,46+,47-/m1/s1. The fourth-order valence-corrected chi connectivity index (χ4v) is 8.32. The van der Waals surface area contributed by atoms with Crippen LogP contribution >= 0.6 is 0 Å². The lowest BCUT2D eigenvalue weighted by atomic mass is 9.99. The van der Waals surface area contributed by atoms with Gasteiger partial charge >= 0.3 is 5.97 Å². The van der Waals surface area contributed by atoms with Gasteiger partial charge in [-0.1, -0.05) is 6.92 Å². The first-order valence-electron chi connectivity index (χ1n) is 26.8. The van der Waals surface area contributed by atoms with Crippen molar-refractivity contribution in [1.29, 1.82) is 0 Å². The van der Waals surface area contributed by atoms with Crippen LogP contribution in [0.5, 0.6) is 0 Å². The molecule has 0 aliphatic carbocycles. The van der Waals surface area contributed by atoms with Crippen LogP contribution in [0.2, 0.25) is 0 Å². The van der Waals surface area contributed by atoms with Crippen LogP contribution in [0.15, 0.2) is 0 Å². The summed E-state index contributed by atoms with van der Waals surface area (Å²) in [4.78, 5) is 94.0. The van der Waals surface area contributed by atoms with Crippen molar-refractivity contribution in [2.24, 2.45) is 0 Å². The van der Waals surface area contributed by atoms with Crippen LogP contribution < -0.4 is 21.3 Å². The molecule has 0 spiro atoms. The second-order valence-corrected chi connectivity index (χ2v) is 19.6. The number of carbonyl (C=O) groups excluding carboxylic acids is 7. The number of imide groups is 1. The van der Waals surface area contributed by atoms with Crippen LogP contribution in [0.25, 0.3) is 0 Å². The van der Waals surface area contributed by atoms with Gasteiger partial charge in [0.1, 0.15) is 85.0 Å². The molecule has 0 aromatic carbocycles. The van der Waals surface area contributed by atoms with E-state index in [1.54, 1.807) is 6.92 Å². The van der Waals surface area contributed by atoms with Gasteiger partial charge in [0.2, 0.25) is 23.6 Å². The van der Waals surface area contributed by atoms with Gasteiger partial charge in [-0.15, -0.1) is 5.06 Å². The molecule has 4 aliphatic heterocycles. The Bertz CT molecular complexity index is 1910. The number of carbonyl (C=O) groups is 7. The molecule has 0 radical (unpaired) electrons. The average Bonchev–Trinajstić information content (AvgIpc) is 3.97. The highest BCUT2D eigenvalue weighted by Crippen LogP contribution is 2.25. The Kier molecular flexibility index (Phi) is 30.6. The highest BCUT2D eigenvalue weighted by Gasteiger charge is 2.47. The van der Waals surface area contributed by atoms with E-state index in [1.807, 2.05) is 0 Å². The number of nitrogens with zero attached hydrogens (tertiary/aromatic N) is 1. The maximum absolute atomic E-state index is 13.6. The molecule has 34 nitrogen and oxygen atoms in total. The number of hydrogen-bond donors (Lipinski definition) is 16. The third kappa shape index (κ3) is 21.9. The maximum Gasteiger partial charge on any atom is 0.333 e. The molecule has 4 rings (SSSR count). The summed E-state index contributed by atoms with van der Waals surface area (Å²) in [6, 6.07) is 0. The first-order valence-corrected chi connectivity index (χ1v) is 26.8. The van der Waals surface area contributed by atoms with E-state index in [0.717, 1.165) is 0 Å². The van der Waals surface area contributed by atoms with Gasteiger partial charge < -0.3 is 130 Å². The topological polar surface area (TPSA) is 506 Å². The molecule has 4 saturated heterocycles. The van der Waals surface area contributed by atoms with E-state index in [2.05, 4.69) is 21.3 Å². The molecule has 34 heteroatoms. The van der Waals surface area contributed by atoms with Gasteiger partial charge in [0.15, 0.2) is 18.9 Å². The van der Waals surface area contributed by atoms with E-state index >= 15 is 0 Å². The smallest absolute Gasteiger partial charge is 0.333 e. The first-order chi connectivity index (χ1) is 39.1. The van der Waals surface area contributed by atoms with E-state index in [0.29, 0.717) is 5.06 Å². The molecule has 16 atom stereocenters. The molecule has 16 N–H and O–H groups in total. The van der Waals surface area contributed by atoms with Crippen molar-refractivity contribution in [3.05, 3.63) is 0 Å². The van der Waals surface area contributed by atoms with E-state index in [-0.39, 0.29) is 97.5 Å². The van der Waals surface area contributed by atoms with Crippen molar-refractivity contribution in [1.82, 2.24) is 26.3 Å². The van der Waals surface area contributed by atoms with Crippen molar-refractivity contribution < 1.29 is 142 Å². The second kappa shape index (κ2) is 35.8. The third-order valence-corrected chi connectivity index (χ3v) is 13.1. The zero-order valence-corrected chi connectivity index (χ0v) is 45.3. The summed E-state index contributed by atoms with van der Waals surface area (Å²) in [5.74, 6) is -5.13. The number of hydroxylamine groups is 2. The summed E-state index contributed by atoms with van der Waals surface area (Å²) >= 11 is 0. The van der Waals surface area contributed by atoms with Crippen LogP contribution in [-0.4, -0.2) is 297 Å². The monoisotopic (exact) mass is 1190 g/mol. The summed E-state index contributed by atoms with van der Waals surface area (Å²) in [7, 11) is 0. The molecule has 1 unspecified atom stereocenters. The van der Waals surface area contributed by atoms with Crippen molar-refractivity contribution in [2.75, 3.05) is 85.8 Å². The minimum Gasteiger partial charge on any atom is -0.394 e. The minimum absolute atomic E-state index is 0.0520. The summed E-state index contributed by atoms with van der Waals surface area (Å²) < 4.78 is 50.1. The highest BCUT2D eigenvalue weighted by molar-refractivity contribution is 6.01. The van der Waals surface area contributed by atoms with Crippen molar-refractivity contribution in [3.63, 3.8) is 0 Å². The van der Waals surface area contributed by atoms with Crippen LogP contribution in [-0.2, 0) is 81.0 Å². The van der Waals surface area contributed by atoms with Crippen molar-refractivity contribution >= 4 is 41.4 Å². The number of nitrogens with one attached hydrogen (secondary N) is 4. The summed E-state index contributed by atoms with van der Waals surface area (Å²) in [5, 5.41) is 130. The quantitative estimate of drug-likeness (QED) is 0.0156. The van der Waals surface area contributed by atoms with Crippen LogP contribution in [0, 0.1) is 0 Å². The van der Waals surface area contributed by atoms with Crippen molar-refractivity contribution in [2.45, 2.75) is 175 Å². The molecule has 472 valence electrons. The Morgan fingerprint density at radius 1 is 0.537 bits per heavy atom. The molecule has 82 heavy (non-hydrogen) atoms. The van der Waals surface area contributed by atoms with Gasteiger partial charge in [0.05, 0.1) is 85.5 Å². The summed E-state index contributed by atoms with van der Waals surface area (Å²) in [6.07, 6.45) is -25.9. The van der Waals surface area contributed by atoms with E-state index in [9.17, 15) is 94.8 Å². The Balaban J connectivity index is 1.38. The summed E-state index contributed by atoms with van der Waals surface area (Å²) in [6.45, 7) is -2.86. The number of aliphatic hydroxyl groups is 12. The zero-order valence-electron chi connectivity index (χ0n) is 45.3. The third-order valence-electron chi connectivity index (χ3n) is 13.1. The molecule has 0 bridgehead atoms. The van der Waals surface area contributed by atoms with Gasteiger partial charge in [-0.3, -0.25) is 28.8 Å². The summed E-state index contributed by atoms with van der Waals surface area (Å²) in [5.41, 5.74) is -1.72. The van der Waals surface area contributed by atoms with E-state index in [4.69, 9.17) is 47.5 Å². The average molecular weight is 1190 g/mol. The molecule has 4 fully saturated rings. The Hall–Kier alpha value is -4.35. The predicted octanol–water partition coefficient (Wildman–Crippen LogP) is -9.24. The SMILES string of the molecule is CCC(NC(=O)CCOCC(COCCC(=O)NCCCO[C@H]1O[C@H](CO)[C@@H](O)[C@H](O)[C@@H]1O)(COCCC(=O)NCCCO[C@H]1O[C@H](CO)[C@@H](O)[C@H](O)[C@@H]1O)NC(=O)CCC(=O)ON1C(=O)CCC1=O)O[C@H]1O[C@H](CO)[C@@H](O)[C@H](O)[C@@H]1O. The Labute approximate surface area is 470 Å². The molecular weight excluding hydrogens is 1110 g/mol. The zero-order chi connectivity index (χ0) is 60.5. The Morgan fingerprint density at radius 3 is 1.35 bits per heavy atom. The fourth-order valence-electron chi connectivity index (χ4n) is 8.32. The normalized spacial score (nSPS) is 30.0. The molecule has 0 saturated carbocycles. The molecule has 6 amide bonds. The number of amides is 6. The number of rotatable bonds is 37. The lowest BCUT2D eigenvalue weighted by Crippen LogP contribution is -2.60. The largest absolute Gasteiger partial charge is 0.394 e. The highest BCUT2D eigenvalue weighted by atomic mass is 16.7. The van der Waals surface area contributed by atoms with Gasteiger partial charge in [-0.2, -0.15) is 0 Å². The van der Waals surface area contributed by atoms with E-state index in [1.165, 1.54) is 0 Å². The fraction of sp³-hybridized carbons (Fsp3) is 0.854. The van der Waals surface area contributed by atoms with Gasteiger partial charge in [0, 0.05) is 45.2 Å². The molecule has 4 heterocycles. The maximum atomic E-state index is 13.6. The van der Waals surface area contributed by atoms with Crippen LogP contribution in [0.4, 0.5) is 0 Å². The second-order valence-electron chi connectivity index (χ2n) is 19.6. The molecule has 0 aromatic rings. The number of hydrogen-bond acceptors (Lipinski definition) is 29. The minimum atomic E-state index is -1.75. The van der Waals surface area contributed by atoms with Crippen LogP contribution in [0.3, 0.4) is 0 Å². The van der Waals surface area contributed by atoms with Gasteiger partial charge in [0.25, 0.3) is 11.8 Å². The number of aliphatic hydroxyl groups excluding tert-OH is 12. The molecule has 4 aliphatic rings. The Morgan fingerprint density at radius 2 is 0.939 bits per heavy atom. The van der Waals surface area contributed by atoms with Crippen LogP contribution in [0.1, 0.15) is 71.1 Å². The first kappa shape index (κ1) is 70.1. The predicted molar refractivity (Wildman–Crippen MR) is 265 cm³/mol. The van der Waals surface area contributed by atoms with Gasteiger partial charge in [-0.05, 0) is 19.3 Å². The molecular formula is C48H81N5O29.